The van der Waals surface area contributed by atoms with Gasteiger partial charge in [0.05, 0.1) is 0 Å². The van der Waals surface area contributed by atoms with Crippen LogP contribution in [0, 0.1) is 0 Å². The first-order valence-corrected chi connectivity index (χ1v) is 13.1. The molecule has 0 aliphatic carbocycles. The van der Waals surface area contributed by atoms with Crippen molar-refractivity contribution >= 4 is 205 Å². The zero-order chi connectivity index (χ0) is 19.2. The Morgan fingerprint density at radius 3 is 0.467 bits per heavy atom. The molecule has 1 saturated heterocycles. The first kappa shape index (κ1) is 49.2. The van der Waals surface area contributed by atoms with E-state index in [-0.39, 0.29) is 158 Å². The van der Waals surface area contributed by atoms with Crippen LogP contribution in [0.2, 0.25) is 0 Å². The minimum atomic E-state index is -6.56. The van der Waals surface area contributed by atoms with Gasteiger partial charge in [0.1, 0.15) is 0 Å². The van der Waals surface area contributed by atoms with E-state index in [4.69, 9.17) is 0 Å². The Kier molecular flexibility index (Phi) is 29.0. The summed E-state index contributed by atoms with van der Waals surface area (Å²) in [5.41, 5.74) is 0. The molecule has 150 valence electrons. The van der Waals surface area contributed by atoms with E-state index in [9.17, 15) is 56.8 Å². The Morgan fingerprint density at radius 2 is 0.400 bits per heavy atom. The molecule has 30 heteroatoms. The quantitative estimate of drug-likeness (QED) is 0.180. The van der Waals surface area contributed by atoms with E-state index in [0.717, 1.165) is 0 Å². The van der Waals surface area contributed by atoms with Gasteiger partial charge in [-0.2, -0.15) is 0 Å². The summed E-state index contributed by atoms with van der Waals surface area (Å²) >= 11 is 0. The summed E-state index contributed by atoms with van der Waals surface area (Å²) in [5, 5.41) is 0. The molecule has 0 spiro atoms. The molecule has 0 bridgehead atoms. The molecular formula is H3Mg3Na3O18P6. The summed E-state index contributed by atoms with van der Waals surface area (Å²) in [6, 6.07) is 0. The van der Waals surface area contributed by atoms with Crippen LogP contribution in [-0.2, 0) is 53.3 Å². The topological polar surface area (TPSA) is 296 Å². The summed E-state index contributed by atoms with van der Waals surface area (Å²) in [5.74, 6) is 0. The molecule has 30 heavy (non-hydrogen) atoms. The number of phosphoric acid groups is 6. The molecule has 0 aromatic rings. The van der Waals surface area contributed by atoms with Crippen LogP contribution in [0.4, 0.5) is 0 Å². The van der Waals surface area contributed by atoms with Crippen molar-refractivity contribution in [3.63, 3.8) is 0 Å². The fourth-order valence-corrected chi connectivity index (χ4v) is 9.03. The summed E-state index contributed by atoms with van der Waals surface area (Å²) in [6.07, 6.45) is 0. The van der Waals surface area contributed by atoms with E-state index < -0.39 is 46.9 Å². The van der Waals surface area contributed by atoms with E-state index in [0.29, 0.717) is 0 Å². The molecule has 0 N–H and O–H groups in total. The molecular weight excluding hydrogens is 616 g/mol. The van der Waals surface area contributed by atoms with Gasteiger partial charge in [-0.1, -0.05) is 0 Å². The van der Waals surface area contributed by atoms with Crippen LogP contribution in [0.15, 0.2) is 0 Å². The molecule has 0 amide bonds. The molecule has 1 heterocycles. The second-order valence-electron chi connectivity index (χ2n) is 3.17. The molecule has 0 aromatic heterocycles. The van der Waals surface area contributed by atoms with Crippen LogP contribution >= 0.6 is 46.9 Å². The molecule has 18 nitrogen and oxygen atoms in total. The number of hydrogen-bond donors (Lipinski definition) is 0. The Labute approximate surface area is 282 Å². The van der Waals surface area contributed by atoms with Gasteiger partial charge >= 0.3 is 158 Å². The Bertz CT molecular complexity index is 602. The van der Waals surface area contributed by atoms with Gasteiger partial charge < -0.3 is 29.4 Å². The Hall–Kier alpha value is 6.20. The SMILES string of the molecule is O=P1([O-])OP(=O)([O-])OP(=O)([O-])OP(=O)([O-])OP(=O)([O-])OP(=O)([O-])O1.[Mg+2].[Mg+2].[Mg+2].[NaH].[NaH].[NaH]. The first-order valence-electron chi connectivity index (χ1n) is 4.38. The predicted octanol–water partition coefficient (Wildman–Crippen LogP) is -6.18. The van der Waals surface area contributed by atoms with Crippen molar-refractivity contribution in [1.82, 2.24) is 0 Å². The fraction of sp³-hybridized carbons (Fsp3) is 0. The van der Waals surface area contributed by atoms with Crippen molar-refractivity contribution in [1.29, 1.82) is 0 Å². The van der Waals surface area contributed by atoms with Gasteiger partial charge in [-0.25, -0.2) is 25.9 Å². The average Bonchev–Trinajstić information content (AvgIpc) is 1.98. The van der Waals surface area contributed by atoms with Gasteiger partial charge in [-0.3, -0.25) is 27.4 Å². The van der Waals surface area contributed by atoms with E-state index in [2.05, 4.69) is 25.9 Å². The molecule has 1 fully saturated rings. The summed E-state index contributed by atoms with van der Waals surface area (Å²) in [6.45, 7) is 0. The first-order chi connectivity index (χ1) is 10.2. The van der Waals surface area contributed by atoms with Gasteiger partial charge in [0.2, 0.25) is 0 Å². The van der Waals surface area contributed by atoms with Crippen LogP contribution in [0.25, 0.3) is 0 Å². The maximum absolute atomic E-state index is 11.0. The summed E-state index contributed by atoms with van der Waals surface area (Å²) < 4.78 is 83.4. The second kappa shape index (κ2) is 17.7. The Morgan fingerprint density at radius 1 is 0.333 bits per heavy atom. The minimum absolute atomic E-state index is 0. The van der Waals surface area contributed by atoms with Gasteiger partial charge in [-0.05, 0) is 0 Å². The third kappa shape index (κ3) is 21.2. The van der Waals surface area contributed by atoms with Gasteiger partial charge in [0.25, 0.3) is 46.9 Å². The number of hydrogen-bond acceptors (Lipinski definition) is 18. The van der Waals surface area contributed by atoms with Gasteiger partial charge in [-0.15, -0.1) is 0 Å². The van der Waals surface area contributed by atoms with Crippen LogP contribution in [-0.4, -0.2) is 158 Å². The van der Waals surface area contributed by atoms with Crippen LogP contribution in [0.5, 0.6) is 0 Å². The molecule has 0 atom stereocenters. The molecule has 0 aromatic carbocycles. The van der Waals surface area contributed by atoms with Gasteiger partial charge in [0, 0.05) is 0 Å². The van der Waals surface area contributed by atoms with Crippen molar-refractivity contribution in [2.24, 2.45) is 0 Å². The zero-order valence-electron chi connectivity index (χ0n) is 12.2. The van der Waals surface area contributed by atoms with E-state index in [1.165, 1.54) is 0 Å². The van der Waals surface area contributed by atoms with Crippen LogP contribution in [0.3, 0.4) is 0 Å². The fourth-order valence-electron chi connectivity index (χ4n) is 0.824. The Balaban J connectivity index is -0.000000240. The molecule has 1 aliphatic heterocycles. The molecule has 0 saturated carbocycles. The van der Waals surface area contributed by atoms with Gasteiger partial charge in [0.15, 0.2) is 0 Å². The predicted molar refractivity (Wildman–Crippen MR) is 90.9 cm³/mol. The second-order valence-corrected chi connectivity index (χ2v) is 12.5. The van der Waals surface area contributed by atoms with Crippen molar-refractivity contribution in [3.8, 4) is 0 Å². The molecule has 1 rings (SSSR count). The van der Waals surface area contributed by atoms with Crippen molar-refractivity contribution in [2.45, 2.75) is 0 Å². The third-order valence-corrected chi connectivity index (χ3v) is 10.8. The van der Waals surface area contributed by atoms with E-state index in [1.807, 2.05) is 0 Å². The normalized spacial score (nSPS) is 44.2. The average molecular weight is 619 g/mol. The monoisotopic (exact) mass is 618 g/mol. The van der Waals surface area contributed by atoms with Crippen LogP contribution in [0.1, 0.15) is 0 Å². The molecule has 0 unspecified atom stereocenters. The zero-order valence-corrected chi connectivity index (χ0v) is 21.8. The number of rotatable bonds is 0. The molecule has 0 radical (unpaired) electrons. The van der Waals surface area contributed by atoms with Crippen molar-refractivity contribution in [3.05, 3.63) is 0 Å². The maximum atomic E-state index is 11.0. The summed E-state index contributed by atoms with van der Waals surface area (Å²) in [7, 11) is -39.3. The van der Waals surface area contributed by atoms with Crippen molar-refractivity contribution < 1.29 is 82.6 Å². The van der Waals surface area contributed by atoms with E-state index in [1.54, 1.807) is 0 Å². The van der Waals surface area contributed by atoms with Crippen molar-refractivity contribution in [2.75, 3.05) is 0 Å². The molecule has 1 aliphatic rings. The summed E-state index contributed by atoms with van der Waals surface area (Å²) in [4.78, 5) is 65.8. The standard InChI is InChI=1S/3Mg.3Na.H6O18P6.3H/c;;;;;;1-19(2)13-20(3,4)15-22(7,8)17-24(11,12)18-23(9,10)16-21(5,6)14-19;;;/h;;;;;;(H,1,2)(H,3,4)(H,5,6)(H,7,8)(H,9,10)(H,11,12);;;/q3*+2;;;;;;;/p-6. The van der Waals surface area contributed by atoms with Crippen LogP contribution < -0.4 is 29.4 Å². The van der Waals surface area contributed by atoms with E-state index >= 15 is 0 Å². The third-order valence-electron chi connectivity index (χ3n) is 1.20.